The van der Waals surface area contributed by atoms with E-state index < -0.39 is 0 Å². The van der Waals surface area contributed by atoms with E-state index in [1.165, 1.54) is 16.8 Å². The molecule has 0 unspecified atom stereocenters. The van der Waals surface area contributed by atoms with E-state index in [0.717, 1.165) is 12.2 Å². The summed E-state index contributed by atoms with van der Waals surface area (Å²) in [5.41, 5.74) is 3.60. The van der Waals surface area contributed by atoms with Gasteiger partial charge in [-0.05, 0) is 37.1 Å². The fourth-order valence-corrected chi connectivity index (χ4v) is 1.77. The summed E-state index contributed by atoms with van der Waals surface area (Å²) >= 11 is 0. The molecule has 0 amide bonds. The molecule has 1 heterocycles. The molecule has 3 heteroatoms. The Bertz CT molecular complexity index is 503. The van der Waals surface area contributed by atoms with E-state index in [-0.39, 0.29) is 0 Å². The minimum absolute atomic E-state index is 0.684. The second kappa shape index (κ2) is 5.04. The van der Waals surface area contributed by atoms with E-state index in [1.54, 1.807) is 0 Å². The van der Waals surface area contributed by atoms with Crippen molar-refractivity contribution < 1.29 is 4.74 Å². The van der Waals surface area contributed by atoms with Gasteiger partial charge in [0.15, 0.2) is 0 Å². The first-order valence-corrected chi connectivity index (χ1v) is 5.84. The fourth-order valence-electron chi connectivity index (χ4n) is 1.77. The zero-order valence-electron chi connectivity index (χ0n) is 10.6. The summed E-state index contributed by atoms with van der Waals surface area (Å²) in [6, 6.07) is 8.29. The highest BCUT2D eigenvalue weighted by molar-refractivity contribution is 5.35. The molecule has 0 radical (unpaired) electrons. The van der Waals surface area contributed by atoms with Gasteiger partial charge in [0.2, 0.25) is 0 Å². The van der Waals surface area contributed by atoms with Gasteiger partial charge in [0.05, 0.1) is 6.61 Å². The second-order valence-electron chi connectivity index (χ2n) is 4.31. The number of benzene rings is 1. The quantitative estimate of drug-likeness (QED) is 0.807. The molecule has 0 saturated carbocycles. The molecule has 0 aliphatic carbocycles. The van der Waals surface area contributed by atoms with Crippen LogP contribution < -0.4 is 4.74 Å². The second-order valence-corrected chi connectivity index (χ2v) is 4.31. The van der Waals surface area contributed by atoms with Crippen molar-refractivity contribution in [3.63, 3.8) is 0 Å². The molecule has 2 rings (SSSR count). The first-order chi connectivity index (χ1) is 8.16. The molecular formula is C14H18N2O. The van der Waals surface area contributed by atoms with Crippen LogP contribution in [0, 0.1) is 13.8 Å². The lowest BCUT2D eigenvalue weighted by atomic mass is 10.1. The maximum absolute atomic E-state index is 5.80. The lowest BCUT2D eigenvalue weighted by molar-refractivity contribution is 0.316. The minimum Gasteiger partial charge on any atom is -0.493 e. The molecular weight excluding hydrogens is 212 g/mol. The zero-order chi connectivity index (χ0) is 12.3. The normalized spacial score (nSPS) is 10.5. The van der Waals surface area contributed by atoms with E-state index in [1.807, 2.05) is 24.0 Å². The molecule has 0 fully saturated rings. The van der Waals surface area contributed by atoms with E-state index in [0.29, 0.717) is 6.61 Å². The molecule has 1 aromatic heterocycles. The summed E-state index contributed by atoms with van der Waals surface area (Å²) in [4.78, 5) is 0. The van der Waals surface area contributed by atoms with E-state index in [2.05, 4.69) is 37.1 Å². The average molecular weight is 230 g/mol. The van der Waals surface area contributed by atoms with Crippen LogP contribution in [0.25, 0.3) is 0 Å². The zero-order valence-corrected chi connectivity index (χ0v) is 10.6. The summed E-state index contributed by atoms with van der Waals surface area (Å²) in [5, 5.41) is 4.14. The van der Waals surface area contributed by atoms with Gasteiger partial charge < -0.3 is 4.74 Å². The smallest absolute Gasteiger partial charge is 0.122 e. The largest absolute Gasteiger partial charge is 0.493 e. The molecule has 2 aromatic rings. The van der Waals surface area contributed by atoms with Crippen LogP contribution in [0.15, 0.2) is 30.5 Å². The van der Waals surface area contributed by atoms with E-state index in [9.17, 15) is 0 Å². The monoisotopic (exact) mass is 230 g/mol. The topological polar surface area (TPSA) is 27.1 Å². The van der Waals surface area contributed by atoms with Crippen LogP contribution in [0.1, 0.15) is 16.8 Å². The van der Waals surface area contributed by atoms with E-state index in [4.69, 9.17) is 4.74 Å². The van der Waals surface area contributed by atoms with Crippen LogP contribution >= 0.6 is 0 Å². The highest BCUT2D eigenvalue weighted by Gasteiger charge is 2.02. The highest BCUT2D eigenvalue weighted by atomic mass is 16.5. The number of hydrogen-bond donors (Lipinski definition) is 0. The SMILES string of the molecule is Cc1ccc(C)c(OCCc2ccnn2C)c1. The van der Waals surface area contributed by atoms with Crippen molar-refractivity contribution >= 4 is 0 Å². The highest BCUT2D eigenvalue weighted by Crippen LogP contribution is 2.19. The number of rotatable bonds is 4. The summed E-state index contributed by atoms with van der Waals surface area (Å²) in [6.07, 6.45) is 2.69. The maximum Gasteiger partial charge on any atom is 0.122 e. The Morgan fingerprint density at radius 3 is 2.76 bits per heavy atom. The van der Waals surface area contributed by atoms with Crippen LogP contribution in [0.4, 0.5) is 0 Å². The van der Waals surface area contributed by atoms with Gasteiger partial charge in [0, 0.05) is 25.4 Å². The maximum atomic E-state index is 5.80. The van der Waals surface area contributed by atoms with Crippen molar-refractivity contribution in [2.24, 2.45) is 7.05 Å². The lowest BCUT2D eigenvalue weighted by Gasteiger charge is -2.10. The minimum atomic E-state index is 0.684. The van der Waals surface area contributed by atoms with Gasteiger partial charge >= 0.3 is 0 Å². The third-order valence-electron chi connectivity index (χ3n) is 2.88. The van der Waals surface area contributed by atoms with Crippen LogP contribution in [0.5, 0.6) is 5.75 Å². The number of nitrogens with zero attached hydrogens (tertiary/aromatic N) is 2. The van der Waals surface area contributed by atoms with Gasteiger partial charge in [-0.15, -0.1) is 0 Å². The third kappa shape index (κ3) is 2.87. The molecule has 0 aliphatic heterocycles. The Hall–Kier alpha value is -1.77. The van der Waals surface area contributed by atoms with Crippen molar-refractivity contribution in [2.45, 2.75) is 20.3 Å². The molecule has 0 saturated heterocycles. The first-order valence-electron chi connectivity index (χ1n) is 5.84. The summed E-state index contributed by atoms with van der Waals surface area (Å²) in [7, 11) is 1.95. The Morgan fingerprint density at radius 1 is 1.24 bits per heavy atom. The predicted octanol–water partition coefficient (Wildman–Crippen LogP) is 2.66. The number of aryl methyl sites for hydroxylation is 3. The van der Waals surface area contributed by atoms with Gasteiger partial charge in [-0.2, -0.15) is 5.10 Å². The van der Waals surface area contributed by atoms with Crippen molar-refractivity contribution in [1.82, 2.24) is 9.78 Å². The Balaban J connectivity index is 1.94. The molecule has 0 N–H and O–H groups in total. The Kier molecular flexibility index (Phi) is 3.47. The molecule has 0 aliphatic rings. The molecule has 90 valence electrons. The van der Waals surface area contributed by atoms with Crippen LogP contribution in [-0.2, 0) is 13.5 Å². The van der Waals surface area contributed by atoms with Crippen LogP contribution in [-0.4, -0.2) is 16.4 Å². The Morgan fingerprint density at radius 2 is 2.06 bits per heavy atom. The summed E-state index contributed by atoms with van der Waals surface area (Å²) < 4.78 is 7.69. The molecule has 3 nitrogen and oxygen atoms in total. The van der Waals surface area contributed by atoms with Gasteiger partial charge in [0.25, 0.3) is 0 Å². The first kappa shape index (κ1) is 11.7. The molecule has 0 atom stereocenters. The molecule has 17 heavy (non-hydrogen) atoms. The number of ether oxygens (including phenoxy) is 1. The molecule has 0 spiro atoms. The van der Waals surface area contributed by atoms with Crippen molar-refractivity contribution in [2.75, 3.05) is 6.61 Å². The number of aromatic nitrogens is 2. The molecule has 0 bridgehead atoms. The van der Waals surface area contributed by atoms with E-state index >= 15 is 0 Å². The average Bonchev–Trinajstić information content (AvgIpc) is 2.70. The summed E-state index contributed by atoms with van der Waals surface area (Å²) in [6.45, 7) is 4.83. The van der Waals surface area contributed by atoms with Gasteiger partial charge in [0.1, 0.15) is 5.75 Å². The Labute approximate surface area is 102 Å². The fraction of sp³-hybridized carbons (Fsp3) is 0.357. The van der Waals surface area contributed by atoms with Crippen LogP contribution in [0.2, 0.25) is 0 Å². The van der Waals surface area contributed by atoms with Gasteiger partial charge in [-0.1, -0.05) is 12.1 Å². The molecule has 1 aromatic carbocycles. The van der Waals surface area contributed by atoms with Gasteiger partial charge in [-0.3, -0.25) is 4.68 Å². The van der Waals surface area contributed by atoms with Gasteiger partial charge in [-0.25, -0.2) is 0 Å². The predicted molar refractivity (Wildman–Crippen MR) is 68.3 cm³/mol. The van der Waals surface area contributed by atoms with Crippen LogP contribution in [0.3, 0.4) is 0 Å². The van der Waals surface area contributed by atoms with Crippen molar-refractivity contribution in [3.05, 3.63) is 47.3 Å². The lowest BCUT2D eigenvalue weighted by Crippen LogP contribution is -2.06. The standard InChI is InChI=1S/C14H18N2O/c1-11-4-5-12(2)14(10-11)17-9-7-13-6-8-15-16(13)3/h4-6,8,10H,7,9H2,1-3H3. The van der Waals surface area contributed by atoms with Crippen molar-refractivity contribution in [3.8, 4) is 5.75 Å². The third-order valence-corrected chi connectivity index (χ3v) is 2.88. The number of hydrogen-bond acceptors (Lipinski definition) is 2. The van der Waals surface area contributed by atoms with Crippen molar-refractivity contribution in [1.29, 1.82) is 0 Å². The summed E-state index contributed by atoms with van der Waals surface area (Å²) in [5.74, 6) is 0.979.